The van der Waals surface area contributed by atoms with Crippen molar-refractivity contribution in [1.82, 2.24) is 0 Å². The molecule has 0 aliphatic heterocycles. The van der Waals surface area contributed by atoms with E-state index in [1.165, 1.54) is 6.92 Å². The Hall–Kier alpha value is -1.88. The van der Waals surface area contributed by atoms with E-state index in [1.54, 1.807) is 24.3 Å². The van der Waals surface area contributed by atoms with E-state index >= 15 is 0 Å². The van der Waals surface area contributed by atoms with Gasteiger partial charge in [0.15, 0.2) is 0 Å². The van der Waals surface area contributed by atoms with Gasteiger partial charge in [0.2, 0.25) is 11.8 Å². The van der Waals surface area contributed by atoms with Crippen LogP contribution in [0.4, 0.5) is 11.4 Å². The summed E-state index contributed by atoms with van der Waals surface area (Å²) in [5.41, 5.74) is 7.01. The third kappa shape index (κ3) is 3.04. The third-order valence-electron chi connectivity index (χ3n) is 2.65. The van der Waals surface area contributed by atoms with Crippen LogP contribution in [0.3, 0.4) is 0 Å². The predicted octanol–water partition coefficient (Wildman–Crippen LogP) is 0.931. The van der Waals surface area contributed by atoms with Crippen LogP contribution >= 0.6 is 0 Å². The van der Waals surface area contributed by atoms with Crippen molar-refractivity contribution in [3.05, 3.63) is 24.3 Å². The normalized spacial score (nSPS) is 21.8. The number of hydrogen-bond donors (Lipinski definition) is 3. The Labute approximate surface area is 99.4 Å². The van der Waals surface area contributed by atoms with Gasteiger partial charge in [0.1, 0.15) is 0 Å². The molecule has 2 rings (SSSR count). The van der Waals surface area contributed by atoms with Gasteiger partial charge in [-0.05, 0) is 30.7 Å². The molecule has 0 saturated heterocycles. The van der Waals surface area contributed by atoms with Crippen molar-refractivity contribution >= 4 is 23.2 Å². The van der Waals surface area contributed by atoms with E-state index in [-0.39, 0.29) is 23.8 Å². The standard InChI is InChI=1S/C12H15N3O2/c1-7(16)14-8-2-4-9(5-3-8)15-12(17)10-6-11(10)13/h2-5,10-11H,6,13H2,1H3,(H,14,16)(H,15,17). The van der Waals surface area contributed by atoms with Gasteiger partial charge in [-0.2, -0.15) is 0 Å². The molecule has 0 radical (unpaired) electrons. The third-order valence-corrected chi connectivity index (χ3v) is 2.65. The van der Waals surface area contributed by atoms with Gasteiger partial charge in [0.25, 0.3) is 0 Å². The maximum atomic E-state index is 11.6. The molecule has 2 unspecified atom stereocenters. The van der Waals surface area contributed by atoms with Gasteiger partial charge in [-0.15, -0.1) is 0 Å². The Morgan fingerprint density at radius 2 is 1.65 bits per heavy atom. The van der Waals surface area contributed by atoms with Crippen molar-refractivity contribution in [2.45, 2.75) is 19.4 Å². The molecule has 1 aromatic rings. The number of rotatable bonds is 3. The number of hydrogen-bond acceptors (Lipinski definition) is 3. The maximum Gasteiger partial charge on any atom is 0.229 e. The fraction of sp³-hybridized carbons (Fsp3) is 0.333. The molecular formula is C12H15N3O2. The fourth-order valence-electron chi connectivity index (χ4n) is 1.59. The fourth-order valence-corrected chi connectivity index (χ4v) is 1.59. The van der Waals surface area contributed by atoms with Crippen LogP contribution in [0.1, 0.15) is 13.3 Å². The number of benzene rings is 1. The molecule has 1 saturated carbocycles. The van der Waals surface area contributed by atoms with Gasteiger partial charge in [-0.1, -0.05) is 0 Å². The first-order valence-corrected chi connectivity index (χ1v) is 5.50. The van der Waals surface area contributed by atoms with Crippen molar-refractivity contribution in [1.29, 1.82) is 0 Å². The van der Waals surface area contributed by atoms with Gasteiger partial charge >= 0.3 is 0 Å². The Bertz CT molecular complexity index is 442. The minimum absolute atomic E-state index is 0.00801. The zero-order valence-corrected chi connectivity index (χ0v) is 9.57. The summed E-state index contributed by atoms with van der Waals surface area (Å²) in [6.07, 6.45) is 0.760. The SMILES string of the molecule is CC(=O)Nc1ccc(NC(=O)C2CC2N)cc1. The molecule has 1 aromatic carbocycles. The highest BCUT2D eigenvalue weighted by Crippen LogP contribution is 2.29. The second-order valence-corrected chi connectivity index (χ2v) is 4.25. The average molecular weight is 233 g/mol. The molecule has 0 bridgehead atoms. The first-order chi connectivity index (χ1) is 8.06. The van der Waals surface area contributed by atoms with Crippen LogP contribution in [0.2, 0.25) is 0 Å². The summed E-state index contributed by atoms with van der Waals surface area (Å²) in [5.74, 6) is -0.208. The number of carbonyl (C=O) groups excluding carboxylic acids is 2. The summed E-state index contributed by atoms with van der Waals surface area (Å²) >= 11 is 0. The van der Waals surface area contributed by atoms with Crippen molar-refractivity contribution in [2.24, 2.45) is 11.7 Å². The number of nitrogens with one attached hydrogen (secondary N) is 2. The minimum Gasteiger partial charge on any atom is -0.327 e. The molecule has 2 amide bonds. The predicted molar refractivity (Wildman–Crippen MR) is 65.5 cm³/mol. The van der Waals surface area contributed by atoms with E-state index in [0.29, 0.717) is 11.4 Å². The summed E-state index contributed by atoms with van der Waals surface area (Å²) in [4.78, 5) is 22.4. The molecule has 0 spiro atoms. The summed E-state index contributed by atoms with van der Waals surface area (Å²) in [5, 5.41) is 5.44. The first kappa shape index (κ1) is 11.6. The number of amides is 2. The van der Waals surface area contributed by atoms with E-state index in [1.807, 2.05) is 0 Å². The molecule has 5 heteroatoms. The quantitative estimate of drug-likeness (QED) is 0.726. The topological polar surface area (TPSA) is 84.2 Å². The van der Waals surface area contributed by atoms with Gasteiger partial charge in [0, 0.05) is 24.3 Å². The first-order valence-electron chi connectivity index (χ1n) is 5.50. The Balaban J connectivity index is 1.93. The molecule has 1 aliphatic rings. The lowest BCUT2D eigenvalue weighted by Gasteiger charge is -2.06. The Morgan fingerprint density at radius 3 is 2.06 bits per heavy atom. The highest BCUT2D eigenvalue weighted by atomic mass is 16.2. The average Bonchev–Trinajstić information content (AvgIpc) is 2.98. The van der Waals surface area contributed by atoms with Crippen molar-refractivity contribution in [3.63, 3.8) is 0 Å². The summed E-state index contributed by atoms with van der Waals surface area (Å²) in [7, 11) is 0. The zero-order chi connectivity index (χ0) is 12.4. The van der Waals surface area contributed by atoms with Crippen LogP contribution < -0.4 is 16.4 Å². The minimum atomic E-state index is -0.120. The second kappa shape index (κ2) is 4.55. The highest BCUT2D eigenvalue weighted by Gasteiger charge is 2.39. The van der Waals surface area contributed by atoms with Crippen molar-refractivity contribution < 1.29 is 9.59 Å². The molecule has 2 atom stereocenters. The Kier molecular flexibility index (Phi) is 3.10. The van der Waals surface area contributed by atoms with E-state index in [2.05, 4.69) is 10.6 Å². The zero-order valence-electron chi connectivity index (χ0n) is 9.57. The summed E-state index contributed by atoms with van der Waals surface area (Å²) < 4.78 is 0. The molecule has 90 valence electrons. The molecule has 5 nitrogen and oxygen atoms in total. The largest absolute Gasteiger partial charge is 0.327 e. The van der Waals surface area contributed by atoms with Crippen LogP contribution in [0, 0.1) is 5.92 Å². The van der Waals surface area contributed by atoms with Crippen molar-refractivity contribution in [3.8, 4) is 0 Å². The van der Waals surface area contributed by atoms with E-state index in [4.69, 9.17) is 5.73 Å². The highest BCUT2D eigenvalue weighted by molar-refractivity contribution is 5.95. The van der Waals surface area contributed by atoms with E-state index in [9.17, 15) is 9.59 Å². The number of anilines is 2. The number of carbonyl (C=O) groups is 2. The maximum absolute atomic E-state index is 11.6. The van der Waals surface area contributed by atoms with Gasteiger partial charge < -0.3 is 16.4 Å². The van der Waals surface area contributed by atoms with Crippen LogP contribution in [-0.2, 0) is 9.59 Å². The van der Waals surface area contributed by atoms with Crippen molar-refractivity contribution in [2.75, 3.05) is 10.6 Å². The second-order valence-electron chi connectivity index (χ2n) is 4.25. The molecule has 1 aliphatic carbocycles. The summed E-state index contributed by atoms with van der Waals surface area (Å²) in [6.45, 7) is 1.45. The van der Waals surface area contributed by atoms with Gasteiger partial charge in [0.05, 0.1) is 5.92 Å². The lowest BCUT2D eigenvalue weighted by atomic mass is 10.2. The summed E-state index contributed by atoms with van der Waals surface area (Å²) in [6, 6.07) is 6.98. The van der Waals surface area contributed by atoms with E-state index in [0.717, 1.165) is 6.42 Å². The lowest BCUT2D eigenvalue weighted by Crippen LogP contribution is -2.18. The Morgan fingerprint density at radius 1 is 1.18 bits per heavy atom. The molecule has 1 fully saturated rings. The van der Waals surface area contributed by atoms with E-state index < -0.39 is 0 Å². The molecule has 4 N–H and O–H groups in total. The van der Waals surface area contributed by atoms with Crippen LogP contribution in [0.25, 0.3) is 0 Å². The molecular weight excluding hydrogens is 218 g/mol. The van der Waals surface area contributed by atoms with Crippen LogP contribution in [0.5, 0.6) is 0 Å². The van der Waals surface area contributed by atoms with Gasteiger partial charge in [-0.3, -0.25) is 9.59 Å². The molecule has 17 heavy (non-hydrogen) atoms. The lowest BCUT2D eigenvalue weighted by molar-refractivity contribution is -0.117. The molecule has 0 aromatic heterocycles. The number of nitrogens with two attached hydrogens (primary N) is 1. The monoisotopic (exact) mass is 233 g/mol. The van der Waals surface area contributed by atoms with Crippen LogP contribution in [0.15, 0.2) is 24.3 Å². The van der Waals surface area contributed by atoms with Gasteiger partial charge in [-0.25, -0.2) is 0 Å². The molecule has 0 heterocycles. The smallest absolute Gasteiger partial charge is 0.229 e. The van der Waals surface area contributed by atoms with Crippen LogP contribution in [-0.4, -0.2) is 17.9 Å².